The molecular weight excluding hydrogens is 214 g/mol. The summed E-state index contributed by atoms with van der Waals surface area (Å²) in [7, 11) is 1.87. The standard InChI is InChI=1S/C14H21NO2/c1-5-14(13(16)17,15(4)11(2)3)12-9-7-6-8-10-12/h6-11H,5H2,1-4H3,(H,16,17). The number of carboxylic acids is 1. The molecule has 0 aliphatic heterocycles. The van der Waals surface area contributed by atoms with Gasteiger partial charge in [0.25, 0.3) is 0 Å². The van der Waals surface area contributed by atoms with E-state index in [1.165, 1.54) is 0 Å². The van der Waals surface area contributed by atoms with E-state index in [1.54, 1.807) is 0 Å². The van der Waals surface area contributed by atoms with Crippen molar-refractivity contribution >= 4 is 5.97 Å². The Morgan fingerprint density at radius 1 is 1.35 bits per heavy atom. The van der Waals surface area contributed by atoms with Crippen LogP contribution in [0.25, 0.3) is 0 Å². The maximum Gasteiger partial charge on any atom is 0.328 e. The van der Waals surface area contributed by atoms with Crippen LogP contribution in [0.2, 0.25) is 0 Å². The highest BCUT2D eigenvalue weighted by Gasteiger charge is 2.43. The van der Waals surface area contributed by atoms with Gasteiger partial charge in [-0.05, 0) is 32.9 Å². The lowest BCUT2D eigenvalue weighted by Gasteiger charge is -2.40. The third-order valence-corrected chi connectivity index (χ3v) is 3.49. The Hall–Kier alpha value is -1.35. The fourth-order valence-electron chi connectivity index (χ4n) is 2.24. The predicted molar refractivity (Wildman–Crippen MR) is 68.9 cm³/mol. The number of carboxylic acid groups (broad SMARTS) is 1. The van der Waals surface area contributed by atoms with E-state index in [4.69, 9.17) is 0 Å². The molecule has 94 valence electrons. The maximum atomic E-state index is 11.8. The van der Waals surface area contributed by atoms with Gasteiger partial charge in [-0.25, -0.2) is 4.79 Å². The third kappa shape index (κ3) is 2.34. The molecule has 0 radical (unpaired) electrons. The van der Waals surface area contributed by atoms with Crippen molar-refractivity contribution in [3.05, 3.63) is 35.9 Å². The largest absolute Gasteiger partial charge is 0.480 e. The second-order valence-corrected chi connectivity index (χ2v) is 4.59. The topological polar surface area (TPSA) is 40.5 Å². The lowest BCUT2D eigenvalue weighted by Crippen LogP contribution is -2.52. The minimum Gasteiger partial charge on any atom is -0.480 e. The fourth-order valence-corrected chi connectivity index (χ4v) is 2.24. The second-order valence-electron chi connectivity index (χ2n) is 4.59. The molecule has 1 unspecified atom stereocenters. The van der Waals surface area contributed by atoms with Gasteiger partial charge in [0.2, 0.25) is 0 Å². The van der Waals surface area contributed by atoms with Crippen LogP contribution in [0.4, 0.5) is 0 Å². The van der Waals surface area contributed by atoms with Gasteiger partial charge < -0.3 is 5.11 Å². The van der Waals surface area contributed by atoms with E-state index in [9.17, 15) is 9.90 Å². The number of carbonyl (C=O) groups is 1. The smallest absolute Gasteiger partial charge is 0.328 e. The van der Waals surface area contributed by atoms with Crippen LogP contribution >= 0.6 is 0 Å². The lowest BCUT2D eigenvalue weighted by molar-refractivity contribution is -0.153. The number of rotatable bonds is 5. The normalized spacial score (nSPS) is 14.9. The molecule has 3 nitrogen and oxygen atoms in total. The molecule has 17 heavy (non-hydrogen) atoms. The highest BCUT2D eigenvalue weighted by Crippen LogP contribution is 2.32. The molecule has 0 aliphatic rings. The van der Waals surface area contributed by atoms with Crippen molar-refractivity contribution in [2.75, 3.05) is 7.05 Å². The predicted octanol–water partition coefficient (Wildman–Crippen LogP) is 2.72. The molecule has 0 aromatic heterocycles. The molecule has 1 rings (SSSR count). The molecule has 0 bridgehead atoms. The van der Waals surface area contributed by atoms with E-state index in [1.807, 2.05) is 63.1 Å². The summed E-state index contributed by atoms with van der Waals surface area (Å²) in [4.78, 5) is 13.7. The van der Waals surface area contributed by atoms with E-state index in [0.29, 0.717) is 6.42 Å². The molecule has 0 spiro atoms. The lowest BCUT2D eigenvalue weighted by atomic mass is 9.85. The minimum atomic E-state index is -0.935. The van der Waals surface area contributed by atoms with Gasteiger partial charge in [0.1, 0.15) is 5.54 Å². The summed E-state index contributed by atoms with van der Waals surface area (Å²) in [6, 6.07) is 9.62. The van der Waals surface area contributed by atoms with Gasteiger partial charge in [0.05, 0.1) is 0 Å². The van der Waals surface area contributed by atoms with Crippen molar-refractivity contribution < 1.29 is 9.90 Å². The molecule has 3 heteroatoms. The summed E-state index contributed by atoms with van der Waals surface area (Å²) < 4.78 is 0. The van der Waals surface area contributed by atoms with Gasteiger partial charge in [-0.1, -0.05) is 37.3 Å². The molecule has 0 heterocycles. The van der Waals surface area contributed by atoms with Crippen LogP contribution in [-0.2, 0) is 10.3 Å². The quantitative estimate of drug-likeness (QED) is 0.853. The summed E-state index contributed by atoms with van der Waals surface area (Å²) in [5, 5.41) is 9.65. The van der Waals surface area contributed by atoms with Gasteiger partial charge in [-0.15, -0.1) is 0 Å². The first kappa shape index (κ1) is 13.7. The van der Waals surface area contributed by atoms with Gasteiger partial charge in [0.15, 0.2) is 0 Å². The first-order valence-corrected chi connectivity index (χ1v) is 5.98. The van der Waals surface area contributed by atoms with Crippen LogP contribution in [0.1, 0.15) is 32.8 Å². The summed E-state index contributed by atoms with van der Waals surface area (Å²) in [6.07, 6.45) is 0.543. The number of hydrogen-bond acceptors (Lipinski definition) is 2. The van der Waals surface area contributed by atoms with Crippen LogP contribution in [0, 0.1) is 0 Å². The van der Waals surface area contributed by atoms with Crippen LogP contribution in [0.5, 0.6) is 0 Å². The summed E-state index contributed by atoms with van der Waals surface area (Å²) in [5.74, 6) is -0.789. The van der Waals surface area contributed by atoms with Crippen molar-refractivity contribution in [3.63, 3.8) is 0 Å². The van der Waals surface area contributed by atoms with Crippen LogP contribution < -0.4 is 0 Å². The SMILES string of the molecule is CCC(C(=O)O)(c1ccccc1)N(C)C(C)C. The summed E-state index contributed by atoms with van der Waals surface area (Å²) >= 11 is 0. The Balaban J connectivity index is 3.33. The van der Waals surface area contributed by atoms with E-state index < -0.39 is 11.5 Å². The van der Waals surface area contributed by atoms with Crippen molar-refractivity contribution in [1.29, 1.82) is 0 Å². The van der Waals surface area contributed by atoms with Crippen molar-refractivity contribution in [3.8, 4) is 0 Å². The van der Waals surface area contributed by atoms with Crippen LogP contribution in [0.15, 0.2) is 30.3 Å². The van der Waals surface area contributed by atoms with Gasteiger partial charge in [0, 0.05) is 6.04 Å². The maximum absolute atomic E-state index is 11.8. The first-order valence-electron chi connectivity index (χ1n) is 5.98. The molecule has 1 atom stereocenters. The molecule has 0 amide bonds. The molecule has 0 fully saturated rings. The van der Waals surface area contributed by atoms with Gasteiger partial charge >= 0.3 is 5.97 Å². The van der Waals surface area contributed by atoms with Crippen molar-refractivity contribution in [1.82, 2.24) is 4.90 Å². The summed E-state index contributed by atoms with van der Waals surface area (Å²) in [6.45, 7) is 5.94. The number of aliphatic carboxylic acids is 1. The first-order chi connectivity index (χ1) is 7.96. The highest BCUT2D eigenvalue weighted by molar-refractivity contribution is 5.80. The molecule has 0 aliphatic carbocycles. The number of hydrogen-bond donors (Lipinski definition) is 1. The average molecular weight is 235 g/mol. The Morgan fingerprint density at radius 2 is 1.88 bits per heavy atom. The van der Waals surface area contributed by atoms with Crippen LogP contribution in [0.3, 0.4) is 0 Å². The molecule has 0 saturated carbocycles. The van der Waals surface area contributed by atoms with Crippen molar-refractivity contribution in [2.45, 2.75) is 38.8 Å². The van der Waals surface area contributed by atoms with E-state index in [0.717, 1.165) is 5.56 Å². The van der Waals surface area contributed by atoms with Crippen LogP contribution in [-0.4, -0.2) is 29.1 Å². The monoisotopic (exact) mass is 235 g/mol. The summed E-state index contributed by atoms with van der Waals surface area (Å²) in [5.41, 5.74) is -0.0960. The second kappa shape index (κ2) is 5.32. The Labute approximate surface area is 103 Å². The van der Waals surface area contributed by atoms with Gasteiger partial charge in [-0.2, -0.15) is 0 Å². The molecule has 1 aromatic carbocycles. The minimum absolute atomic E-state index is 0.172. The van der Waals surface area contributed by atoms with E-state index in [2.05, 4.69) is 0 Å². The molecule has 1 aromatic rings. The number of nitrogens with zero attached hydrogens (tertiary/aromatic N) is 1. The average Bonchev–Trinajstić information content (AvgIpc) is 2.31. The highest BCUT2D eigenvalue weighted by atomic mass is 16.4. The molecule has 0 saturated heterocycles. The zero-order chi connectivity index (χ0) is 13.1. The van der Waals surface area contributed by atoms with Gasteiger partial charge in [-0.3, -0.25) is 4.90 Å². The third-order valence-electron chi connectivity index (χ3n) is 3.49. The van der Waals surface area contributed by atoms with Crippen molar-refractivity contribution in [2.24, 2.45) is 0 Å². The number of likely N-dealkylation sites (N-methyl/N-ethyl adjacent to an activating group) is 1. The van der Waals surface area contributed by atoms with E-state index >= 15 is 0 Å². The number of benzene rings is 1. The van der Waals surface area contributed by atoms with E-state index in [-0.39, 0.29) is 6.04 Å². The molecular formula is C14H21NO2. The Kier molecular flexibility index (Phi) is 4.29. The zero-order valence-corrected chi connectivity index (χ0v) is 11.0. The Morgan fingerprint density at radius 3 is 2.24 bits per heavy atom. The fraction of sp³-hybridized carbons (Fsp3) is 0.500. The Bertz CT molecular complexity index is 375. The molecule has 1 N–H and O–H groups in total. The zero-order valence-electron chi connectivity index (χ0n) is 11.0.